The summed E-state index contributed by atoms with van der Waals surface area (Å²) < 4.78 is 26.4. The maximum absolute atomic E-state index is 12.0. The summed E-state index contributed by atoms with van der Waals surface area (Å²) in [6, 6.07) is 7.88. The van der Waals surface area contributed by atoms with Crippen LogP contribution in [0.4, 0.5) is 5.69 Å². The first kappa shape index (κ1) is 13.9. The van der Waals surface area contributed by atoms with Crippen LogP contribution < -0.4 is 4.72 Å². The molecule has 1 aromatic heterocycles. The van der Waals surface area contributed by atoms with E-state index in [2.05, 4.69) is 9.71 Å². The number of carboxylic acid groups (broad SMARTS) is 1. The minimum absolute atomic E-state index is 0.129. The number of aromatic nitrogens is 1. The largest absolute Gasteiger partial charge is 0.478 e. The van der Waals surface area contributed by atoms with Crippen LogP contribution in [0.5, 0.6) is 0 Å². The Labute approximate surface area is 115 Å². The third-order valence-electron chi connectivity index (χ3n) is 2.44. The smallest absolute Gasteiger partial charge is 0.328 e. The predicted molar refractivity (Wildman–Crippen MR) is 74.7 cm³/mol. The van der Waals surface area contributed by atoms with Crippen molar-refractivity contribution in [3.8, 4) is 0 Å². The van der Waals surface area contributed by atoms with Gasteiger partial charge in [-0.15, -0.1) is 0 Å². The fraction of sp³-hybridized carbons (Fsp3) is 0. The molecule has 0 aliphatic carbocycles. The number of hydrogen-bond donors (Lipinski definition) is 3. The summed E-state index contributed by atoms with van der Waals surface area (Å²) in [5.41, 5.74) is 0.945. The quantitative estimate of drug-likeness (QED) is 0.733. The summed E-state index contributed by atoms with van der Waals surface area (Å²) in [4.78, 5) is 13.2. The van der Waals surface area contributed by atoms with Gasteiger partial charge in [0, 0.05) is 24.2 Å². The fourth-order valence-corrected chi connectivity index (χ4v) is 2.59. The van der Waals surface area contributed by atoms with E-state index in [0.29, 0.717) is 11.3 Å². The van der Waals surface area contributed by atoms with E-state index in [1.165, 1.54) is 24.5 Å². The summed E-state index contributed by atoms with van der Waals surface area (Å²) in [7, 11) is -3.64. The Morgan fingerprint density at radius 2 is 2.10 bits per heavy atom. The van der Waals surface area contributed by atoms with Crippen molar-refractivity contribution >= 4 is 27.8 Å². The molecule has 0 spiro atoms. The highest BCUT2D eigenvalue weighted by molar-refractivity contribution is 7.92. The van der Waals surface area contributed by atoms with Crippen LogP contribution >= 0.6 is 0 Å². The molecule has 2 aromatic rings. The second kappa shape index (κ2) is 5.62. The van der Waals surface area contributed by atoms with Gasteiger partial charge in [-0.3, -0.25) is 4.72 Å². The van der Waals surface area contributed by atoms with Gasteiger partial charge in [0.1, 0.15) is 4.90 Å². The Kier molecular flexibility index (Phi) is 3.90. The van der Waals surface area contributed by atoms with E-state index in [1.807, 2.05) is 0 Å². The van der Waals surface area contributed by atoms with Crippen LogP contribution in [0.25, 0.3) is 6.08 Å². The Morgan fingerprint density at radius 1 is 1.30 bits per heavy atom. The van der Waals surface area contributed by atoms with Crippen LogP contribution in [0.2, 0.25) is 0 Å². The molecule has 0 fully saturated rings. The first-order valence-electron chi connectivity index (χ1n) is 5.64. The number of hydrogen-bond acceptors (Lipinski definition) is 3. The van der Waals surface area contributed by atoms with Crippen molar-refractivity contribution in [3.63, 3.8) is 0 Å². The Morgan fingerprint density at radius 3 is 2.75 bits per heavy atom. The van der Waals surface area contributed by atoms with Gasteiger partial charge < -0.3 is 10.1 Å². The number of rotatable bonds is 5. The van der Waals surface area contributed by atoms with Crippen molar-refractivity contribution in [2.45, 2.75) is 4.90 Å². The van der Waals surface area contributed by atoms with E-state index in [0.717, 1.165) is 6.08 Å². The summed E-state index contributed by atoms with van der Waals surface area (Å²) in [6.07, 6.45) is 5.26. The zero-order chi connectivity index (χ0) is 14.6. The van der Waals surface area contributed by atoms with Crippen LogP contribution in [0.15, 0.2) is 53.7 Å². The summed E-state index contributed by atoms with van der Waals surface area (Å²) in [5.74, 6) is -1.07. The zero-order valence-electron chi connectivity index (χ0n) is 10.3. The molecule has 0 radical (unpaired) electrons. The second-order valence-corrected chi connectivity index (χ2v) is 5.63. The molecule has 0 unspecified atom stereocenters. The van der Waals surface area contributed by atoms with Gasteiger partial charge in [-0.1, -0.05) is 12.1 Å². The van der Waals surface area contributed by atoms with Crippen molar-refractivity contribution in [2.75, 3.05) is 4.72 Å². The third kappa shape index (κ3) is 3.48. The molecule has 2 rings (SSSR count). The molecule has 0 amide bonds. The van der Waals surface area contributed by atoms with E-state index in [9.17, 15) is 13.2 Å². The van der Waals surface area contributed by atoms with Gasteiger partial charge >= 0.3 is 5.97 Å². The number of nitrogens with one attached hydrogen (secondary N) is 2. The summed E-state index contributed by atoms with van der Waals surface area (Å²) in [6.45, 7) is 0. The average molecular weight is 292 g/mol. The third-order valence-corrected chi connectivity index (χ3v) is 3.82. The monoisotopic (exact) mass is 292 g/mol. The molecular weight excluding hydrogens is 280 g/mol. The van der Waals surface area contributed by atoms with E-state index >= 15 is 0 Å². The molecule has 0 saturated carbocycles. The van der Waals surface area contributed by atoms with Gasteiger partial charge in [0.25, 0.3) is 10.0 Å². The number of sulfonamides is 1. The lowest BCUT2D eigenvalue weighted by Crippen LogP contribution is -2.12. The minimum atomic E-state index is -3.64. The first-order valence-corrected chi connectivity index (χ1v) is 7.12. The topological polar surface area (TPSA) is 99.3 Å². The predicted octanol–water partition coefficient (Wildman–Crippen LogP) is 1.91. The molecule has 20 heavy (non-hydrogen) atoms. The molecule has 7 heteroatoms. The number of aliphatic carboxylic acids is 1. The maximum atomic E-state index is 12.0. The number of carbonyl (C=O) groups is 1. The van der Waals surface area contributed by atoms with Crippen molar-refractivity contribution in [2.24, 2.45) is 0 Å². The van der Waals surface area contributed by atoms with Gasteiger partial charge in [-0.2, -0.15) is 0 Å². The number of H-pyrrole nitrogens is 1. The minimum Gasteiger partial charge on any atom is -0.478 e. The van der Waals surface area contributed by atoms with Crippen molar-refractivity contribution in [1.82, 2.24) is 4.98 Å². The molecule has 1 aromatic carbocycles. The van der Waals surface area contributed by atoms with Crippen LogP contribution in [0, 0.1) is 0 Å². The van der Waals surface area contributed by atoms with Crippen LogP contribution in [0.3, 0.4) is 0 Å². The zero-order valence-corrected chi connectivity index (χ0v) is 11.1. The lowest BCUT2D eigenvalue weighted by molar-refractivity contribution is -0.131. The highest BCUT2D eigenvalue weighted by atomic mass is 32.2. The van der Waals surface area contributed by atoms with Crippen LogP contribution in [-0.4, -0.2) is 24.5 Å². The van der Waals surface area contributed by atoms with E-state index in [1.54, 1.807) is 24.3 Å². The lowest BCUT2D eigenvalue weighted by atomic mass is 10.2. The molecule has 0 bridgehead atoms. The molecule has 0 aliphatic heterocycles. The lowest BCUT2D eigenvalue weighted by Gasteiger charge is -2.07. The Hall–Kier alpha value is -2.54. The van der Waals surface area contributed by atoms with Crippen molar-refractivity contribution < 1.29 is 18.3 Å². The summed E-state index contributed by atoms with van der Waals surface area (Å²) in [5, 5.41) is 8.55. The molecular formula is C13H12N2O4S. The van der Waals surface area contributed by atoms with Crippen LogP contribution in [0.1, 0.15) is 5.56 Å². The number of carboxylic acids is 1. The molecule has 0 aliphatic rings. The average Bonchev–Trinajstić information content (AvgIpc) is 2.91. The number of benzene rings is 1. The second-order valence-electron chi connectivity index (χ2n) is 3.95. The van der Waals surface area contributed by atoms with Gasteiger partial charge in [0.2, 0.25) is 0 Å². The van der Waals surface area contributed by atoms with Crippen molar-refractivity contribution in [3.05, 3.63) is 54.4 Å². The van der Waals surface area contributed by atoms with E-state index < -0.39 is 16.0 Å². The van der Waals surface area contributed by atoms with Gasteiger partial charge in [0.05, 0.1) is 0 Å². The van der Waals surface area contributed by atoms with Crippen molar-refractivity contribution in [1.29, 1.82) is 0 Å². The standard InChI is InChI=1S/C13H12N2O4S/c16-13(17)5-4-10-2-1-3-11(8-10)15-20(18,19)12-6-7-14-9-12/h1-9,14-15H,(H,16,17)/b5-4+. The molecule has 0 atom stereocenters. The number of aromatic amines is 1. The molecule has 0 saturated heterocycles. The fourth-order valence-electron chi connectivity index (χ4n) is 1.56. The molecule has 6 nitrogen and oxygen atoms in total. The van der Waals surface area contributed by atoms with E-state index in [4.69, 9.17) is 5.11 Å². The SMILES string of the molecule is O=C(O)/C=C/c1cccc(NS(=O)(=O)c2cc[nH]c2)c1. The highest BCUT2D eigenvalue weighted by Gasteiger charge is 2.14. The normalized spacial score (nSPS) is 11.6. The highest BCUT2D eigenvalue weighted by Crippen LogP contribution is 2.17. The van der Waals surface area contributed by atoms with Gasteiger partial charge in [-0.25, -0.2) is 13.2 Å². The summed E-state index contributed by atoms with van der Waals surface area (Å²) >= 11 is 0. The maximum Gasteiger partial charge on any atom is 0.328 e. The van der Waals surface area contributed by atoms with E-state index in [-0.39, 0.29) is 4.90 Å². The molecule has 1 heterocycles. The van der Waals surface area contributed by atoms with Crippen LogP contribution in [-0.2, 0) is 14.8 Å². The Bertz CT molecular complexity index is 733. The Balaban J connectivity index is 2.22. The van der Waals surface area contributed by atoms with Gasteiger partial charge in [0.15, 0.2) is 0 Å². The first-order chi connectivity index (χ1) is 9.47. The molecule has 3 N–H and O–H groups in total. The number of anilines is 1. The van der Waals surface area contributed by atoms with Gasteiger partial charge in [-0.05, 0) is 29.8 Å². The molecule has 104 valence electrons.